The van der Waals surface area contributed by atoms with Crippen LogP contribution in [-0.2, 0) is 30.3 Å². The highest BCUT2D eigenvalue weighted by atomic mass is 16.5. The van der Waals surface area contributed by atoms with Crippen LogP contribution in [-0.4, -0.2) is 59.1 Å². The Morgan fingerprint density at radius 2 is 1.54 bits per heavy atom. The van der Waals surface area contributed by atoms with Gasteiger partial charge in [0.25, 0.3) is 0 Å². The zero-order valence-electron chi connectivity index (χ0n) is 23.9. The normalized spacial score (nSPS) is 13.9. The van der Waals surface area contributed by atoms with E-state index in [0.29, 0.717) is 5.56 Å². The Balaban J connectivity index is 1.84. The number of methoxy groups -OCH3 is 1. The molecular weight excluding hydrogens is 524 g/mol. The predicted molar refractivity (Wildman–Crippen MR) is 156 cm³/mol. The molecule has 0 radical (unpaired) electrons. The average Bonchev–Trinajstić information content (AvgIpc) is 3.37. The maximum absolute atomic E-state index is 13.5. The lowest BCUT2D eigenvalue weighted by molar-refractivity contribution is -0.138. The largest absolute Gasteiger partial charge is 0.464 e. The molecule has 2 aromatic carbocycles. The van der Waals surface area contributed by atoms with Crippen LogP contribution < -0.4 is 16.0 Å². The van der Waals surface area contributed by atoms with Crippen molar-refractivity contribution in [2.24, 2.45) is 11.8 Å². The predicted octanol–water partition coefficient (Wildman–Crippen LogP) is 2.68. The molecule has 0 aliphatic heterocycles. The van der Waals surface area contributed by atoms with Gasteiger partial charge in [-0.1, -0.05) is 76.2 Å². The van der Waals surface area contributed by atoms with Gasteiger partial charge >= 0.3 is 5.97 Å². The summed E-state index contributed by atoms with van der Waals surface area (Å²) in [5.74, 6) is -3.40. The van der Waals surface area contributed by atoms with E-state index in [4.69, 9.17) is 4.74 Å². The maximum atomic E-state index is 13.5. The minimum atomic E-state index is -1.30. The molecule has 0 saturated carbocycles. The van der Waals surface area contributed by atoms with Gasteiger partial charge in [0.15, 0.2) is 0 Å². The molecule has 1 heterocycles. The molecule has 3 rings (SSSR count). The van der Waals surface area contributed by atoms with Gasteiger partial charge in [0, 0.05) is 29.1 Å². The van der Waals surface area contributed by atoms with Crippen LogP contribution in [0.25, 0.3) is 17.0 Å². The molecule has 3 aromatic rings. The number of ether oxygens (including phenoxy) is 1. The first-order valence-electron chi connectivity index (χ1n) is 13.5. The summed E-state index contributed by atoms with van der Waals surface area (Å²) >= 11 is 0. The number of fused-ring (bicyclic) bond motifs is 1. The lowest BCUT2D eigenvalue weighted by Crippen LogP contribution is -2.57. The number of rotatable bonds is 12. The Morgan fingerprint density at radius 3 is 2.17 bits per heavy atom. The number of aliphatic hydroxyl groups excluding tert-OH is 1. The summed E-state index contributed by atoms with van der Waals surface area (Å²) in [6.07, 6.45) is 2.06. The molecule has 3 amide bonds. The molecule has 0 bridgehead atoms. The first-order valence-corrected chi connectivity index (χ1v) is 13.5. The Morgan fingerprint density at radius 1 is 0.878 bits per heavy atom. The number of carbonyl (C=O) groups excluding carboxylic acids is 4. The van der Waals surface area contributed by atoms with Gasteiger partial charge in [0.1, 0.15) is 23.9 Å². The van der Waals surface area contributed by atoms with Crippen molar-refractivity contribution in [3.63, 3.8) is 0 Å². The first kappa shape index (κ1) is 31.1. The number of aliphatic hydroxyl groups is 1. The molecule has 0 unspecified atom stereocenters. The van der Waals surface area contributed by atoms with E-state index in [0.717, 1.165) is 16.5 Å². The van der Waals surface area contributed by atoms with E-state index in [-0.39, 0.29) is 24.0 Å². The molecule has 10 nitrogen and oxygen atoms in total. The van der Waals surface area contributed by atoms with Crippen LogP contribution in [0.15, 0.2) is 66.5 Å². The smallest absolute Gasteiger partial charge is 0.354 e. The number of hydrogen-bond acceptors (Lipinski definition) is 6. The van der Waals surface area contributed by atoms with Crippen LogP contribution in [0.2, 0.25) is 0 Å². The molecule has 0 aliphatic rings. The third-order valence-electron chi connectivity index (χ3n) is 6.65. The summed E-state index contributed by atoms with van der Waals surface area (Å²) < 4.78 is 4.89. The zero-order chi connectivity index (χ0) is 30.1. The van der Waals surface area contributed by atoms with Gasteiger partial charge in [0.05, 0.1) is 7.11 Å². The van der Waals surface area contributed by atoms with Gasteiger partial charge in [0.2, 0.25) is 17.7 Å². The quantitative estimate of drug-likeness (QED) is 0.169. The van der Waals surface area contributed by atoms with Gasteiger partial charge in [-0.15, -0.1) is 0 Å². The summed E-state index contributed by atoms with van der Waals surface area (Å²) in [6, 6.07) is 14.5. The summed E-state index contributed by atoms with van der Waals surface area (Å²) in [7, 11) is 1.21. The van der Waals surface area contributed by atoms with E-state index in [1.54, 1.807) is 33.9 Å². The number of amides is 3. The fourth-order valence-electron chi connectivity index (χ4n) is 4.24. The van der Waals surface area contributed by atoms with Gasteiger partial charge in [-0.2, -0.15) is 0 Å². The van der Waals surface area contributed by atoms with Crippen molar-refractivity contribution in [2.75, 3.05) is 7.11 Å². The fraction of sp³-hybridized carbons (Fsp3) is 0.355. The Bertz CT molecular complexity index is 1400. The topological polar surface area (TPSA) is 150 Å². The second-order valence-electron chi connectivity index (χ2n) is 10.5. The molecule has 1 aromatic heterocycles. The molecule has 41 heavy (non-hydrogen) atoms. The van der Waals surface area contributed by atoms with Crippen LogP contribution in [0.1, 0.15) is 38.8 Å². The van der Waals surface area contributed by atoms with Gasteiger partial charge < -0.3 is 30.8 Å². The van der Waals surface area contributed by atoms with Crippen LogP contribution in [0.3, 0.4) is 0 Å². The van der Waals surface area contributed by atoms with Gasteiger partial charge in [-0.25, -0.2) is 4.79 Å². The third kappa shape index (κ3) is 8.28. The van der Waals surface area contributed by atoms with Crippen molar-refractivity contribution in [3.8, 4) is 0 Å². The lowest BCUT2D eigenvalue weighted by Gasteiger charge is -2.26. The van der Waals surface area contributed by atoms with Crippen molar-refractivity contribution in [1.29, 1.82) is 0 Å². The number of benzene rings is 2. The lowest BCUT2D eigenvalue weighted by atomic mass is 10.00. The minimum Gasteiger partial charge on any atom is -0.464 e. The van der Waals surface area contributed by atoms with Crippen molar-refractivity contribution in [3.05, 3.63) is 77.6 Å². The highest BCUT2D eigenvalue weighted by Gasteiger charge is 2.31. The zero-order valence-corrected chi connectivity index (χ0v) is 23.9. The fourth-order valence-corrected chi connectivity index (χ4v) is 4.24. The molecule has 3 atom stereocenters. The van der Waals surface area contributed by atoms with Crippen molar-refractivity contribution >= 4 is 40.7 Å². The number of para-hydroxylation sites is 1. The second kappa shape index (κ2) is 14.3. The number of nitrogens with one attached hydrogen (secondary N) is 4. The van der Waals surface area contributed by atoms with Crippen molar-refractivity contribution < 1.29 is 29.0 Å². The highest BCUT2D eigenvalue weighted by molar-refractivity contribution is 6.02. The summed E-state index contributed by atoms with van der Waals surface area (Å²) in [4.78, 5) is 55.3. The van der Waals surface area contributed by atoms with E-state index >= 15 is 0 Å². The molecule has 10 heteroatoms. The molecule has 0 aliphatic carbocycles. The molecule has 0 saturated heterocycles. The van der Waals surface area contributed by atoms with E-state index in [9.17, 15) is 24.3 Å². The summed E-state index contributed by atoms with van der Waals surface area (Å²) in [5, 5.41) is 19.0. The van der Waals surface area contributed by atoms with Crippen molar-refractivity contribution in [2.45, 2.75) is 52.3 Å². The van der Waals surface area contributed by atoms with Gasteiger partial charge in [-0.05, 0) is 29.5 Å². The number of hydrogen-bond donors (Lipinski definition) is 5. The third-order valence-corrected chi connectivity index (χ3v) is 6.65. The van der Waals surface area contributed by atoms with Crippen LogP contribution in [0.4, 0.5) is 0 Å². The number of H-pyrrole nitrogens is 1. The number of esters is 1. The van der Waals surface area contributed by atoms with E-state index in [1.807, 2.05) is 54.6 Å². The molecule has 0 fully saturated rings. The van der Waals surface area contributed by atoms with E-state index in [1.165, 1.54) is 13.2 Å². The van der Waals surface area contributed by atoms with Crippen molar-refractivity contribution in [1.82, 2.24) is 20.9 Å². The second-order valence-corrected chi connectivity index (χ2v) is 10.5. The molecular formula is C31H38N4O6. The molecule has 5 N–H and O–H groups in total. The number of aromatic nitrogens is 1. The molecule has 0 spiro atoms. The van der Waals surface area contributed by atoms with E-state index < -0.39 is 41.9 Å². The Hall–Kier alpha value is -4.44. The minimum absolute atomic E-state index is 0.101. The van der Waals surface area contributed by atoms with Crippen LogP contribution >= 0.6 is 0 Å². The summed E-state index contributed by atoms with van der Waals surface area (Å²) in [5.41, 5.74) is 2.21. The first-order chi connectivity index (χ1) is 19.5. The number of aromatic amines is 1. The monoisotopic (exact) mass is 562 g/mol. The van der Waals surface area contributed by atoms with Gasteiger partial charge in [-0.3, -0.25) is 14.4 Å². The average molecular weight is 563 g/mol. The maximum Gasteiger partial charge on any atom is 0.354 e. The standard InChI is InChI=1S/C31H38N4O6/c1-18(2)26(29(38)34-25(31(40)41-5)16-21-17-32-23-14-10-9-13-22(21)23)35-28(37)24(15-20-11-7-6-8-12-20)33-30(39)27(36)19(3)4/h6-14,16-19,24,26-27,32,36H,15H2,1-5H3,(H,33,39)(H,34,38)(H,35,37)/b25-16+/t24-,26-,27-/m0/s1. The Labute approximate surface area is 239 Å². The van der Waals surface area contributed by atoms with Crippen LogP contribution in [0.5, 0.6) is 0 Å². The van der Waals surface area contributed by atoms with E-state index in [2.05, 4.69) is 20.9 Å². The van der Waals surface area contributed by atoms with Crippen LogP contribution in [0, 0.1) is 11.8 Å². The Kier molecular flexibility index (Phi) is 10.8. The molecule has 218 valence electrons. The SMILES string of the molecule is COC(=O)/C(=C\c1c[nH]c2ccccc12)NC(=O)[C@@H](NC(=O)[C@H](Cc1ccccc1)NC(=O)[C@@H](O)C(C)C)C(C)C. The summed E-state index contributed by atoms with van der Waals surface area (Å²) in [6.45, 7) is 6.88. The number of carbonyl (C=O) groups is 4. The highest BCUT2D eigenvalue weighted by Crippen LogP contribution is 2.20.